The van der Waals surface area contributed by atoms with E-state index in [1.807, 2.05) is 32.9 Å². The SMILES string of the molecule is CC(C)(CO)[C@](C)(N)c1ccc(Br)s1. The first-order valence-electron chi connectivity index (χ1n) is 4.47. The molecule has 1 aromatic rings. The monoisotopic (exact) mass is 277 g/mol. The van der Waals surface area contributed by atoms with Gasteiger partial charge in [0.25, 0.3) is 0 Å². The maximum Gasteiger partial charge on any atom is 0.0702 e. The first-order valence-corrected chi connectivity index (χ1v) is 6.08. The summed E-state index contributed by atoms with van der Waals surface area (Å²) in [5.74, 6) is 0. The van der Waals surface area contributed by atoms with Crippen molar-refractivity contribution in [3.63, 3.8) is 0 Å². The van der Waals surface area contributed by atoms with Crippen LogP contribution >= 0.6 is 27.3 Å². The molecular formula is C10H16BrNOS. The topological polar surface area (TPSA) is 46.2 Å². The van der Waals surface area contributed by atoms with Crippen molar-refractivity contribution in [2.75, 3.05) is 6.61 Å². The summed E-state index contributed by atoms with van der Waals surface area (Å²) >= 11 is 5.03. The van der Waals surface area contributed by atoms with Crippen molar-refractivity contribution >= 4 is 27.3 Å². The van der Waals surface area contributed by atoms with Gasteiger partial charge in [0.1, 0.15) is 0 Å². The molecule has 0 bridgehead atoms. The molecule has 0 radical (unpaired) electrons. The molecule has 1 aromatic heterocycles. The van der Waals surface area contributed by atoms with E-state index in [1.165, 1.54) is 0 Å². The van der Waals surface area contributed by atoms with Gasteiger partial charge in [0, 0.05) is 10.3 Å². The van der Waals surface area contributed by atoms with Crippen LogP contribution in [0.3, 0.4) is 0 Å². The maximum atomic E-state index is 9.31. The Kier molecular flexibility index (Phi) is 3.41. The minimum absolute atomic E-state index is 0.0789. The summed E-state index contributed by atoms with van der Waals surface area (Å²) in [6.45, 7) is 5.98. The van der Waals surface area contributed by atoms with Gasteiger partial charge in [-0.1, -0.05) is 13.8 Å². The van der Waals surface area contributed by atoms with Crippen LogP contribution in [0.15, 0.2) is 15.9 Å². The Morgan fingerprint density at radius 2 is 2.00 bits per heavy atom. The second-order valence-electron chi connectivity index (χ2n) is 4.35. The summed E-state index contributed by atoms with van der Waals surface area (Å²) in [5.41, 5.74) is 5.45. The summed E-state index contributed by atoms with van der Waals surface area (Å²) in [6, 6.07) is 3.99. The molecule has 3 N–H and O–H groups in total. The molecule has 2 nitrogen and oxygen atoms in total. The van der Waals surface area contributed by atoms with Crippen molar-refractivity contribution in [1.82, 2.24) is 0 Å². The molecular weight excluding hydrogens is 262 g/mol. The number of rotatable bonds is 3. The highest BCUT2D eigenvalue weighted by Gasteiger charge is 2.39. The molecule has 0 aromatic carbocycles. The van der Waals surface area contributed by atoms with E-state index in [9.17, 15) is 5.11 Å². The van der Waals surface area contributed by atoms with Crippen molar-refractivity contribution in [2.45, 2.75) is 26.3 Å². The standard InChI is InChI=1S/C10H16BrNOS/c1-9(2,6-13)10(3,12)7-4-5-8(11)14-7/h4-5,13H,6,12H2,1-3H3/t10-/m1/s1. The predicted molar refractivity (Wildman–Crippen MR) is 64.4 cm³/mol. The molecule has 1 heterocycles. The lowest BCUT2D eigenvalue weighted by molar-refractivity contribution is 0.0831. The number of aliphatic hydroxyl groups excluding tert-OH is 1. The predicted octanol–water partition coefficient (Wildman–Crippen LogP) is 2.70. The van der Waals surface area contributed by atoms with E-state index in [0.717, 1.165) is 8.66 Å². The lowest BCUT2D eigenvalue weighted by Crippen LogP contribution is -2.48. The third-order valence-electron chi connectivity index (χ3n) is 2.89. The van der Waals surface area contributed by atoms with Gasteiger partial charge in [-0.15, -0.1) is 11.3 Å². The van der Waals surface area contributed by atoms with E-state index in [-0.39, 0.29) is 12.0 Å². The third kappa shape index (κ3) is 2.03. The number of hydrogen-bond donors (Lipinski definition) is 2. The Morgan fingerprint density at radius 3 is 2.36 bits per heavy atom. The fraction of sp³-hybridized carbons (Fsp3) is 0.600. The highest BCUT2D eigenvalue weighted by molar-refractivity contribution is 9.11. The normalized spacial score (nSPS) is 16.7. The van der Waals surface area contributed by atoms with E-state index in [2.05, 4.69) is 15.9 Å². The van der Waals surface area contributed by atoms with Crippen LogP contribution in [0.25, 0.3) is 0 Å². The highest BCUT2D eigenvalue weighted by Crippen LogP contribution is 2.40. The lowest BCUT2D eigenvalue weighted by Gasteiger charge is -2.39. The summed E-state index contributed by atoms with van der Waals surface area (Å²) in [5, 5.41) is 9.31. The summed E-state index contributed by atoms with van der Waals surface area (Å²) in [6.07, 6.45) is 0. The van der Waals surface area contributed by atoms with Crippen LogP contribution in [0.4, 0.5) is 0 Å². The summed E-state index contributed by atoms with van der Waals surface area (Å²) in [7, 11) is 0. The molecule has 0 aliphatic rings. The van der Waals surface area contributed by atoms with Crippen LogP contribution in [-0.4, -0.2) is 11.7 Å². The zero-order valence-electron chi connectivity index (χ0n) is 8.67. The van der Waals surface area contributed by atoms with Gasteiger partial charge in [-0.3, -0.25) is 0 Å². The quantitative estimate of drug-likeness (QED) is 0.893. The minimum Gasteiger partial charge on any atom is -0.396 e. The number of hydrogen-bond acceptors (Lipinski definition) is 3. The molecule has 0 fully saturated rings. The molecule has 0 saturated carbocycles. The zero-order valence-corrected chi connectivity index (χ0v) is 11.1. The Hall–Kier alpha value is 0.1000. The average molecular weight is 278 g/mol. The van der Waals surface area contributed by atoms with Gasteiger partial charge in [-0.2, -0.15) is 0 Å². The van der Waals surface area contributed by atoms with Crippen LogP contribution in [-0.2, 0) is 5.54 Å². The van der Waals surface area contributed by atoms with Crippen LogP contribution in [0.2, 0.25) is 0 Å². The van der Waals surface area contributed by atoms with Crippen LogP contribution in [0.5, 0.6) is 0 Å². The van der Waals surface area contributed by atoms with Gasteiger partial charge >= 0.3 is 0 Å². The molecule has 0 spiro atoms. The fourth-order valence-electron chi connectivity index (χ4n) is 1.09. The molecule has 4 heteroatoms. The van der Waals surface area contributed by atoms with Crippen LogP contribution < -0.4 is 5.73 Å². The molecule has 0 aliphatic carbocycles. The second-order valence-corrected chi connectivity index (χ2v) is 6.81. The second kappa shape index (κ2) is 3.93. The van der Waals surface area contributed by atoms with Gasteiger partial charge in [-0.05, 0) is 35.0 Å². The highest BCUT2D eigenvalue weighted by atomic mass is 79.9. The first-order chi connectivity index (χ1) is 6.31. The molecule has 80 valence electrons. The largest absolute Gasteiger partial charge is 0.396 e. The zero-order chi connectivity index (χ0) is 11.0. The smallest absolute Gasteiger partial charge is 0.0702 e. The molecule has 1 atom stereocenters. The van der Waals surface area contributed by atoms with Crippen molar-refractivity contribution in [3.8, 4) is 0 Å². The first kappa shape index (κ1) is 12.2. The number of halogens is 1. The van der Waals surface area contributed by atoms with Crippen molar-refractivity contribution in [2.24, 2.45) is 11.1 Å². The van der Waals surface area contributed by atoms with Gasteiger partial charge in [-0.25, -0.2) is 0 Å². The van der Waals surface area contributed by atoms with Crippen molar-refractivity contribution in [1.29, 1.82) is 0 Å². The Labute approximate surface area is 97.3 Å². The van der Waals surface area contributed by atoms with Crippen LogP contribution in [0, 0.1) is 5.41 Å². The Balaban J connectivity index is 3.07. The van der Waals surface area contributed by atoms with Gasteiger partial charge in [0.05, 0.1) is 15.9 Å². The number of nitrogens with two attached hydrogens (primary N) is 1. The van der Waals surface area contributed by atoms with Crippen molar-refractivity contribution < 1.29 is 5.11 Å². The number of thiophene rings is 1. The van der Waals surface area contributed by atoms with E-state index in [4.69, 9.17) is 5.73 Å². The van der Waals surface area contributed by atoms with E-state index >= 15 is 0 Å². The molecule has 1 rings (SSSR count). The van der Waals surface area contributed by atoms with Gasteiger partial charge in [0.2, 0.25) is 0 Å². The van der Waals surface area contributed by atoms with E-state index < -0.39 is 5.54 Å². The Morgan fingerprint density at radius 1 is 1.43 bits per heavy atom. The van der Waals surface area contributed by atoms with E-state index in [0.29, 0.717) is 0 Å². The van der Waals surface area contributed by atoms with Crippen LogP contribution in [0.1, 0.15) is 25.6 Å². The van der Waals surface area contributed by atoms with Gasteiger partial charge in [0.15, 0.2) is 0 Å². The molecule has 0 aliphatic heterocycles. The van der Waals surface area contributed by atoms with E-state index in [1.54, 1.807) is 11.3 Å². The van der Waals surface area contributed by atoms with Crippen molar-refractivity contribution in [3.05, 3.63) is 20.8 Å². The maximum absolute atomic E-state index is 9.31. The number of aliphatic hydroxyl groups is 1. The molecule has 14 heavy (non-hydrogen) atoms. The summed E-state index contributed by atoms with van der Waals surface area (Å²) < 4.78 is 1.07. The average Bonchev–Trinajstić information content (AvgIpc) is 2.52. The lowest BCUT2D eigenvalue weighted by atomic mass is 9.74. The molecule has 0 amide bonds. The minimum atomic E-state index is -0.502. The van der Waals surface area contributed by atoms with Gasteiger partial charge < -0.3 is 10.8 Å². The fourth-order valence-corrected chi connectivity index (χ4v) is 2.72. The molecule has 0 saturated heterocycles. The summed E-state index contributed by atoms with van der Waals surface area (Å²) in [4.78, 5) is 1.09. The Bertz CT molecular complexity index is 320. The molecule has 0 unspecified atom stereocenters. The third-order valence-corrected chi connectivity index (χ3v) is 4.75.